The van der Waals surface area contributed by atoms with Gasteiger partial charge in [-0.05, 0) is 239 Å². The highest BCUT2D eigenvalue weighted by Gasteiger charge is 2.21. The van der Waals surface area contributed by atoms with Crippen molar-refractivity contribution in [3.05, 3.63) is 399 Å². The molecule has 132 heavy (non-hydrogen) atoms. The summed E-state index contributed by atoms with van der Waals surface area (Å²) >= 11 is 4.71. The summed E-state index contributed by atoms with van der Waals surface area (Å²) in [5, 5.41) is 80.4. The van der Waals surface area contributed by atoms with Crippen LogP contribution in [0.25, 0.3) is 6.08 Å². The van der Waals surface area contributed by atoms with Gasteiger partial charge in [0.2, 0.25) is 11.1 Å². The van der Waals surface area contributed by atoms with Gasteiger partial charge in [0.1, 0.15) is 58.2 Å². The number of rotatable bonds is 26. The number of azo groups is 3. The molecule has 4 amide bonds. The van der Waals surface area contributed by atoms with Gasteiger partial charge in [-0.1, -0.05) is 198 Å². The van der Waals surface area contributed by atoms with Gasteiger partial charge in [0.15, 0.2) is 17.1 Å². The second-order valence-electron chi connectivity index (χ2n) is 27.5. The highest BCUT2D eigenvalue weighted by molar-refractivity contribution is 6.66. The largest absolute Gasteiger partial charge is 0.510 e. The van der Waals surface area contributed by atoms with Crippen molar-refractivity contribution in [2.45, 2.75) is 79.6 Å². The molecule has 12 rings (SSSR count). The van der Waals surface area contributed by atoms with E-state index < -0.39 is 28.9 Å². The number of halogens is 1. The van der Waals surface area contributed by atoms with E-state index in [0.29, 0.717) is 75.1 Å². The Balaban J connectivity index is 0.000000337. The van der Waals surface area contributed by atoms with Crippen molar-refractivity contribution in [3.63, 3.8) is 0 Å². The van der Waals surface area contributed by atoms with Crippen LogP contribution >= 0.6 is 11.6 Å². The average Bonchev–Trinajstić information content (AvgIpc) is 0.879. The molecule has 11 aromatic carbocycles. The number of allylic oxidation sites excluding steroid dienone is 4. The second-order valence-corrected chi connectivity index (χ2v) is 27.9. The molecule has 0 spiro atoms. The van der Waals surface area contributed by atoms with Gasteiger partial charge in [0.05, 0.1) is 29.4 Å². The van der Waals surface area contributed by atoms with Crippen molar-refractivity contribution in [2.24, 2.45) is 36.6 Å². The maximum absolute atomic E-state index is 12.6. The number of aliphatic hydroxyl groups is 3. The Morgan fingerprint density at radius 2 is 0.773 bits per heavy atom. The minimum absolute atomic E-state index is 0.0606. The van der Waals surface area contributed by atoms with Crippen molar-refractivity contribution in [3.8, 4) is 23.0 Å². The number of nitrogen functional groups attached to an aromatic ring is 2. The number of hydrogen-bond acceptors (Lipinski definition) is 25. The highest BCUT2D eigenvalue weighted by atomic mass is 35.5. The van der Waals surface area contributed by atoms with Gasteiger partial charge in [0, 0.05) is 40.2 Å². The molecular formula is C102H105ClN12O17. The Hall–Kier alpha value is -17.1. The number of Topliss-reactive ketones (excluding diaryl/α,β-unsaturated/α-hetero) is 1. The van der Waals surface area contributed by atoms with Gasteiger partial charge in [0.25, 0.3) is 17.7 Å². The first-order valence-corrected chi connectivity index (χ1v) is 40.9. The number of anilines is 6. The molecule has 2 atom stereocenters. The zero-order valence-electron chi connectivity index (χ0n) is 73.5. The SMILES string of the molecule is C=C1CC(=O)O1.C=CC(=O)Cl.C=CC(=O)Oc1ccc(N=NC(C(=O)Nc2ccccc2)=C(C)O)cc1.C=Cc1ccccc1.CC(=O)CC(=O)Nc1ccccc1.CC(O)=C(N=Nc1ccc(O)cc1)C(=O)Nc1ccccc1.CCC(CCC(C)C(=O)Oc1ccc(N=NC(C(=O)Nc2ccccc2)=C(C)O)cc1)c1ccccc1.Nc1ccc(O)cc1.Nc1ccccc1. The van der Waals surface area contributed by atoms with E-state index in [9.17, 15) is 63.6 Å². The van der Waals surface area contributed by atoms with Crippen molar-refractivity contribution in [1.29, 1.82) is 0 Å². The number of carbonyl (C=O) groups is 9. The summed E-state index contributed by atoms with van der Waals surface area (Å²) in [7, 11) is 0. The Bertz CT molecular complexity index is 5650. The molecule has 13 N–H and O–H groups in total. The summed E-state index contributed by atoms with van der Waals surface area (Å²) in [6.45, 7) is 22.9. The van der Waals surface area contributed by atoms with Crippen molar-refractivity contribution in [2.75, 3.05) is 32.7 Å². The fourth-order valence-electron chi connectivity index (χ4n) is 10.0. The van der Waals surface area contributed by atoms with Crippen molar-refractivity contribution < 1.29 is 82.9 Å². The predicted octanol–water partition coefficient (Wildman–Crippen LogP) is 23.5. The lowest BCUT2D eigenvalue weighted by molar-refractivity contribution is -0.148. The minimum atomic E-state index is -0.587. The highest BCUT2D eigenvalue weighted by Crippen LogP contribution is 2.29. The summed E-state index contributed by atoms with van der Waals surface area (Å²) < 4.78 is 14.8. The first-order valence-electron chi connectivity index (χ1n) is 40.5. The molecule has 0 bridgehead atoms. The Morgan fingerprint density at radius 3 is 1.05 bits per heavy atom. The summed E-state index contributed by atoms with van der Waals surface area (Å²) in [6, 6.07) is 90.4. The zero-order valence-corrected chi connectivity index (χ0v) is 74.3. The molecule has 0 aromatic heterocycles. The number of phenols is 2. The number of cyclic esters (lactones) is 1. The zero-order chi connectivity index (χ0) is 97.0. The number of ether oxygens (including phenoxy) is 3. The Labute approximate surface area is 771 Å². The third kappa shape index (κ3) is 46.2. The van der Waals surface area contributed by atoms with Crippen LogP contribution in [0.15, 0.2) is 419 Å². The lowest BCUT2D eigenvalue weighted by Crippen LogP contribution is -2.18. The van der Waals surface area contributed by atoms with E-state index >= 15 is 0 Å². The number of nitrogens with two attached hydrogens (primary N) is 2. The van der Waals surface area contributed by atoms with Crippen LogP contribution < -0.4 is 42.2 Å². The van der Waals surface area contributed by atoms with Crippen LogP contribution in [0.1, 0.15) is 90.7 Å². The van der Waals surface area contributed by atoms with E-state index in [2.05, 4.69) is 102 Å². The first kappa shape index (κ1) is 107. The molecule has 1 saturated heterocycles. The van der Waals surface area contributed by atoms with Crippen LogP contribution in [0.4, 0.5) is 51.2 Å². The smallest absolute Gasteiger partial charge is 0.335 e. The van der Waals surface area contributed by atoms with E-state index in [1.165, 1.54) is 75.2 Å². The number of aliphatic hydroxyl groups excluding tert-OH is 3. The molecule has 0 saturated carbocycles. The maximum atomic E-state index is 12.6. The summed E-state index contributed by atoms with van der Waals surface area (Å²) in [6.07, 6.45) is 6.95. The van der Waals surface area contributed by atoms with Gasteiger partial charge < -0.3 is 72.5 Å². The lowest BCUT2D eigenvalue weighted by Gasteiger charge is -2.17. The maximum Gasteiger partial charge on any atom is 0.335 e. The number of nitrogens with zero attached hydrogens (tertiary/aromatic N) is 6. The quantitative estimate of drug-likeness (QED) is 0.00276. The van der Waals surface area contributed by atoms with Crippen LogP contribution in [0.3, 0.4) is 0 Å². The van der Waals surface area contributed by atoms with Crippen LogP contribution in [-0.2, 0) is 47.9 Å². The summed E-state index contributed by atoms with van der Waals surface area (Å²) in [4.78, 5) is 101. The molecule has 11 aromatic rings. The minimum Gasteiger partial charge on any atom is -0.510 e. The van der Waals surface area contributed by atoms with E-state index in [0.717, 1.165) is 37.1 Å². The van der Waals surface area contributed by atoms with E-state index in [4.69, 9.17) is 37.6 Å². The van der Waals surface area contributed by atoms with Crippen LogP contribution in [-0.4, -0.2) is 78.1 Å². The molecular weight excluding hydrogens is 1700 g/mol. The van der Waals surface area contributed by atoms with Crippen LogP contribution in [0.2, 0.25) is 0 Å². The van der Waals surface area contributed by atoms with E-state index in [-0.39, 0.29) is 81.8 Å². The normalized spacial score (nSPS) is 11.6. The topological polar surface area (TPSA) is 457 Å². The number of ketones is 1. The number of nitrogens with one attached hydrogen (secondary N) is 4. The van der Waals surface area contributed by atoms with E-state index in [1.54, 1.807) is 146 Å². The lowest BCUT2D eigenvalue weighted by atomic mass is 9.89. The number of phenolic OH excluding ortho intramolecular Hbond substituents is 2. The monoisotopic (exact) mass is 1800 g/mol. The predicted molar refractivity (Wildman–Crippen MR) is 516 cm³/mol. The molecule has 682 valence electrons. The molecule has 30 heteroatoms. The number of amides is 4. The molecule has 0 radical (unpaired) electrons. The number of hydrogen-bond donors (Lipinski definition) is 11. The Kier molecular flexibility index (Phi) is 49.8. The number of carbonyl (C=O) groups excluding carboxylic acids is 9. The van der Waals surface area contributed by atoms with Crippen molar-refractivity contribution >= 4 is 121 Å². The molecule has 29 nitrogen and oxygen atoms in total. The standard InChI is InChI=1S/C30H33N3O4.C19H17N3O4.C16H15N3O3.C10H11NO2.C8H8.C6H7NO.C6H7N.C4H4O2.C3H3ClO/c1-4-23(24-11-7-5-8-12-24)16-15-21(2)30(36)37-27-19-17-26(18-20-27)32-33-28(22(3)34)29(35)31-25-13-9-6-10-14-25;1-3-17(24)26-16-11-9-15(10-12-16)21-22-18(13(2)23)19(25)20-14-7-5-4-6-8-14;1-11(20)15(16(22)17-12-5-3-2-4-6-12)19-18-13-7-9-14(21)10-8-13;1-8(12)7-10(13)11-9-5-3-2-4-6-9;1-2-8-6-4-3-5-7-8;7-5-1-3-6(8)4-2-5;7-6-4-2-1-3-5-6;1-3-2-4(5)6-3;1-2-3(4)5/h5-14,17-21,23,34H,4,15-16H2,1-3H3,(H,31,35);3-12,23H,1H2,2H3,(H,20,25);2-10,20-21H,1H3,(H,17,22);2-6H,7H2,1H3,(H,11,13);2-7H,1H2;1-4,8H,7H2;1-5H,7H2;1-2H2;2H,1H2. The number of aromatic hydroxyl groups is 2. The summed E-state index contributed by atoms with van der Waals surface area (Å²) in [5.41, 5.74) is 17.8. The third-order valence-corrected chi connectivity index (χ3v) is 16.9. The molecule has 1 fully saturated rings. The number of benzene rings is 11. The van der Waals surface area contributed by atoms with Gasteiger partial charge >= 0.3 is 17.9 Å². The fraction of sp³-hybridized carbons (Fsp3) is 0.127. The fourth-order valence-corrected chi connectivity index (χ4v) is 10.0. The molecule has 1 aliphatic rings. The van der Waals surface area contributed by atoms with Gasteiger partial charge in [-0.25, -0.2) is 4.79 Å². The molecule has 1 aliphatic heterocycles. The average molecular weight is 1810 g/mol. The second kappa shape index (κ2) is 61.3. The van der Waals surface area contributed by atoms with Crippen molar-refractivity contribution in [1.82, 2.24) is 0 Å². The third-order valence-electron chi connectivity index (χ3n) is 16.8. The number of para-hydroxylation sites is 5. The van der Waals surface area contributed by atoms with Gasteiger partial charge in [-0.3, -0.25) is 38.4 Å². The number of esters is 3. The van der Waals surface area contributed by atoms with Crippen LogP contribution in [0, 0.1) is 5.92 Å². The first-order chi connectivity index (χ1) is 63.3. The van der Waals surface area contributed by atoms with Crippen LogP contribution in [0.5, 0.6) is 23.0 Å². The molecule has 2 unspecified atom stereocenters. The van der Waals surface area contributed by atoms with E-state index in [1.807, 2.05) is 128 Å². The Morgan fingerprint density at radius 1 is 0.455 bits per heavy atom. The van der Waals surface area contributed by atoms with Gasteiger partial charge in [-0.15, -0.1) is 15.3 Å². The molecule has 0 aliphatic carbocycles. The van der Waals surface area contributed by atoms with Gasteiger partial charge in [-0.2, -0.15) is 15.3 Å². The molecule has 1 heterocycles. The summed E-state index contributed by atoms with van der Waals surface area (Å²) in [5.74, 6) is -2.05.